The molecule has 0 bridgehead atoms. The van der Waals surface area contributed by atoms with Gasteiger partial charge in [0.05, 0.1) is 17.0 Å². The fourth-order valence-corrected chi connectivity index (χ4v) is 19.3. The zero-order valence-electron chi connectivity index (χ0n) is 70.0. The van der Waals surface area contributed by atoms with E-state index in [2.05, 4.69) is 209 Å². The third-order valence-electron chi connectivity index (χ3n) is 25.1. The smallest absolute Gasteiger partial charge is 0.231 e. The number of amides is 8. The molecule has 8 amide bonds. The Hall–Kier alpha value is -4.55. The van der Waals surface area contributed by atoms with Gasteiger partial charge >= 0.3 is 0 Å². The van der Waals surface area contributed by atoms with Gasteiger partial charge in [-0.25, -0.2) is 0 Å². The third-order valence-corrected chi connectivity index (χ3v) is 27.0. The Morgan fingerprint density at radius 1 is 0.228 bits per heavy atom. The van der Waals surface area contributed by atoms with E-state index < -0.39 is 11.1 Å². The molecular formula is C82H152N8O10S. The molecule has 101 heavy (non-hydrogen) atoms. The molecule has 0 aromatic heterocycles. The highest BCUT2D eigenvalue weighted by atomic mass is 32.2. The van der Waals surface area contributed by atoms with Crippen LogP contribution in [0.5, 0.6) is 0 Å². The summed E-state index contributed by atoms with van der Waals surface area (Å²) in [5, 5.41) is 24.6. The fraction of sp³-hybridized carbons (Fsp3) is 0.878. The van der Waals surface area contributed by atoms with Crippen molar-refractivity contribution >= 4 is 70.6 Å². The topological polar surface area (TPSA) is 267 Å². The second-order valence-electron chi connectivity index (χ2n) is 35.6. The number of piperidine rings is 3. The van der Waals surface area contributed by atoms with Crippen molar-refractivity contribution in [2.75, 3.05) is 5.75 Å². The molecule has 0 atom stereocenters. The predicted molar refractivity (Wildman–Crippen MR) is 416 cm³/mol. The van der Waals surface area contributed by atoms with Crippen LogP contribution in [0.4, 0.5) is 0 Å². The Labute approximate surface area is 619 Å². The molecule has 8 aliphatic heterocycles. The van der Waals surface area contributed by atoms with Gasteiger partial charge in [0.1, 0.15) is 11.1 Å². The van der Waals surface area contributed by atoms with Crippen molar-refractivity contribution in [1.29, 1.82) is 0 Å². The number of ketones is 2. The molecule has 0 aliphatic carbocycles. The normalized spacial score (nSPS) is 21.9. The molecule has 0 spiro atoms. The average Bonchev–Trinajstić information content (AvgIpc) is 1.04. The summed E-state index contributed by atoms with van der Waals surface area (Å²) in [6.45, 7) is 68.4. The summed E-state index contributed by atoms with van der Waals surface area (Å²) in [7, 11) is 0. The number of hydrogen-bond donors (Lipinski definition) is 8. The first-order chi connectivity index (χ1) is 46.2. The molecule has 19 heteroatoms. The molecule has 18 nitrogen and oxygen atoms in total. The highest BCUT2D eigenvalue weighted by molar-refractivity contribution is 8.01. The quantitative estimate of drug-likeness (QED) is 0.0673. The number of nitrogens with one attached hydrogen (secondary N) is 8. The number of thioether (sulfide) groups is 1. The second kappa shape index (κ2) is 39.7. The lowest BCUT2D eigenvalue weighted by Gasteiger charge is -2.45. The van der Waals surface area contributed by atoms with E-state index in [-0.39, 0.29) is 121 Å². The van der Waals surface area contributed by atoms with E-state index in [9.17, 15) is 47.9 Å². The SMILES string of the molecule is CC(C)C1(C(C)C)CCC(=O)N1.CC(C)C1(C(C)C)CCC(=O)N1.CC(C)C1(C(C)C)CCC(=O)N1.CC(C)C1(C(C)C)CCCC(=O)N1.CC(C)C1(C(C)C)CCCC(=O)N1.CC(C)C1(C(C)C)NC(=O)CC1=O.CC(C)C1(C(C)C)NC(=O)CCC1=O.CC(C)C1(C(C)C)NC(=O)CS1. The van der Waals surface area contributed by atoms with Crippen LogP contribution in [0.1, 0.15) is 318 Å². The van der Waals surface area contributed by atoms with E-state index in [1.165, 1.54) is 0 Å². The summed E-state index contributed by atoms with van der Waals surface area (Å²) in [6.07, 6.45) is 11.7. The van der Waals surface area contributed by atoms with Gasteiger partial charge in [-0.15, -0.1) is 11.8 Å². The van der Waals surface area contributed by atoms with E-state index in [4.69, 9.17) is 0 Å². The molecular weight excluding hydrogens is 1290 g/mol. The first-order valence-electron chi connectivity index (χ1n) is 39.4. The Bertz CT molecular complexity index is 2440. The van der Waals surface area contributed by atoms with Crippen molar-refractivity contribution in [3.05, 3.63) is 0 Å². The Morgan fingerprint density at radius 3 is 0.614 bits per heavy atom. The molecule has 8 fully saturated rings. The van der Waals surface area contributed by atoms with Gasteiger partial charge in [0.25, 0.3) is 0 Å². The van der Waals surface area contributed by atoms with Gasteiger partial charge in [-0.3, -0.25) is 47.9 Å². The summed E-state index contributed by atoms with van der Waals surface area (Å²) in [4.78, 5) is 113. The maximum atomic E-state index is 11.9. The predicted octanol–water partition coefficient (Wildman–Crippen LogP) is 15.0. The lowest BCUT2D eigenvalue weighted by molar-refractivity contribution is -0.141. The monoisotopic (exact) mass is 1440 g/mol. The third kappa shape index (κ3) is 23.0. The Kier molecular flexibility index (Phi) is 37.1. The average molecular weight is 1440 g/mol. The number of carbonyl (C=O) groups excluding carboxylic acids is 10. The molecule has 586 valence electrons. The number of rotatable bonds is 16. The fourth-order valence-electron chi connectivity index (χ4n) is 18.0. The first-order valence-corrected chi connectivity index (χ1v) is 40.4. The molecule has 8 rings (SSSR count). The van der Waals surface area contributed by atoms with Crippen LogP contribution in [0, 0.1) is 94.7 Å². The van der Waals surface area contributed by atoms with Crippen molar-refractivity contribution in [3.63, 3.8) is 0 Å². The second-order valence-corrected chi connectivity index (χ2v) is 36.9. The largest absolute Gasteiger partial charge is 0.350 e. The summed E-state index contributed by atoms with van der Waals surface area (Å²) in [5.74, 6) is 8.92. The Morgan fingerprint density at radius 2 is 0.465 bits per heavy atom. The lowest BCUT2D eigenvalue weighted by atomic mass is 9.71. The van der Waals surface area contributed by atoms with Gasteiger partial charge in [-0.2, -0.15) is 0 Å². The molecule has 0 unspecified atom stereocenters. The summed E-state index contributed by atoms with van der Waals surface area (Å²) in [6, 6.07) is 0. The zero-order valence-corrected chi connectivity index (χ0v) is 70.9. The molecule has 8 heterocycles. The van der Waals surface area contributed by atoms with Crippen molar-refractivity contribution in [2.45, 2.75) is 362 Å². The van der Waals surface area contributed by atoms with Crippen LogP contribution >= 0.6 is 11.8 Å². The Balaban J connectivity index is 0.000000577. The number of hydrogen-bond acceptors (Lipinski definition) is 11. The first kappa shape index (κ1) is 94.5. The van der Waals surface area contributed by atoms with Gasteiger partial charge in [0.2, 0.25) is 47.3 Å². The minimum absolute atomic E-state index is 0.00648. The van der Waals surface area contributed by atoms with Gasteiger partial charge in [-0.1, -0.05) is 222 Å². The summed E-state index contributed by atoms with van der Waals surface area (Å²) >= 11 is 1.75. The molecule has 8 aliphatic rings. The zero-order chi connectivity index (χ0) is 78.7. The number of Topliss-reactive ketones (excluding diaryl/α,β-unsaturated/α-hetero) is 2. The van der Waals surface area contributed by atoms with E-state index in [1.54, 1.807) is 11.8 Å². The maximum absolute atomic E-state index is 11.9. The van der Waals surface area contributed by atoms with Crippen LogP contribution in [0.25, 0.3) is 0 Å². The van der Waals surface area contributed by atoms with Crippen LogP contribution in [0.3, 0.4) is 0 Å². The van der Waals surface area contributed by atoms with Crippen molar-refractivity contribution in [3.8, 4) is 0 Å². The summed E-state index contributed by atoms with van der Waals surface area (Å²) in [5.41, 5.74) is -0.942. The van der Waals surface area contributed by atoms with Crippen molar-refractivity contribution in [1.82, 2.24) is 42.5 Å². The highest BCUT2D eigenvalue weighted by Gasteiger charge is 2.52. The number of carbonyl (C=O) groups is 10. The van der Waals surface area contributed by atoms with Gasteiger partial charge in [0.15, 0.2) is 11.6 Å². The van der Waals surface area contributed by atoms with Crippen LogP contribution < -0.4 is 42.5 Å². The highest BCUT2D eigenvalue weighted by Crippen LogP contribution is 2.43. The van der Waals surface area contributed by atoms with Gasteiger partial charge in [-0.05, 0) is 140 Å². The lowest BCUT2D eigenvalue weighted by Crippen LogP contribution is -2.64. The van der Waals surface area contributed by atoms with Crippen LogP contribution in [-0.2, 0) is 47.9 Å². The van der Waals surface area contributed by atoms with E-state index >= 15 is 0 Å². The molecule has 8 N–H and O–H groups in total. The van der Waals surface area contributed by atoms with Crippen molar-refractivity contribution in [2.24, 2.45) is 94.7 Å². The van der Waals surface area contributed by atoms with Crippen LogP contribution in [0.2, 0.25) is 0 Å². The van der Waals surface area contributed by atoms with E-state index in [1.807, 2.05) is 55.4 Å². The van der Waals surface area contributed by atoms with Gasteiger partial charge < -0.3 is 42.5 Å². The van der Waals surface area contributed by atoms with Crippen LogP contribution in [-0.4, -0.2) is 108 Å². The molecule has 0 aromatic carbocycles. The van der Waals surface area contributed by atoms with Crippen LogP contribution in [0.15, 0.2) is 0 Å². The molecule has 8 saturated heterocycles. The standard InChI is InChI=1S/C11H19NO2.2C11H21NO.C10H17NO2.3C10H19NO.C9H17NOS/c1-7(2)11(8(3)4)9(13)5-6-10(14)12-11;2*1-8(2)11(9(3)4)7-5-6-10(13)12-11;1-6(2)10(7(3)4)8(12)5-9(13)11-10;3*1-7(2)10(8(3)4)6-5-9(12)11-10;1-6(2)9(7(3)4)10-8(11)5-12-9/h7-8H,5-6H2,1-4H3,(H,12,14);2*8-9H,5-7H2,1-4H3,(H,12,13);6-7H,5H2,1-4H3,(H,11,13);3*7-8H,5-6H2,1-4H3,(H,11,12);6-7H,5H2,1-4H3,(H,10,11). The minimum Gasteiger partial charge on any atom is -0.350 e. The molecule has 0 radical (unpaired) electrons. The minimum atomic E-state index is -0.630. The maximum Gasteiger partial charge on any atom is 0.231 e. The van der Waals surface area contributed by atoms with Crippen molar-refractivity contribution < 1.29 is 47.9 Å². The summed E-state index contributed by atoms with van der Waals surface area (Å²) < 4.78 is 0. The van der Waals surface area contributed by atoms with Gasteiger partial charge in [0, 0.05) is 72.6 Å². The molecule has 0 aromatic rings. The molecule has 0 saturated carbocycles. The van der Waals surface area contributed by atoms with E-state index in [0.29, 0.717) is 122 Å². The van der Waals surface area contributed by atoms with E-state index in [0.717, 1.165) is 44.9 Å².